The number of nitrogens with one attached hydrogen (secondary N) is 1. The molecule has 9 nitrogen and oxygen atoms in total. The average molecular weight is 414 g/mol. The molecule has 1 amide bonds. The normalized spacial score (nSPS) is 17.9. The Kier molecular flexibility index (Phi) is 6.87. The summed E-state index contributed by atoms with van der Waals surface area (Å²) in [7, 11) is -3.13. The fourth-order valence-electron chi connectivity index (χ4n) is 3.41. The zero-order chi connectivity index (χ0) is 21.1. The molecule has 2 heterocycles. The van der Waals surface area contributed by atoms with Crippen molar-refractivity contribution in [1.29, 1.82) is 0 Å². The van der Waals surface area contributed by atoms with Crippen LogP contribution in [0.5, 0.6) is 0 Å². The highest BCUT2D eigenvalue weighted by Gasteiger charge is 2.34. The van der Waals surface area contributed by atoms with Crippen LogP contribution < -0.4 is 0 Å². The van der Waals surface area contributed by atoms with E-state index < -0.39 is 40.3 Å². The summed E-state index contributed by atoms with van der Waals surface area (Å²) in [6, 6.07) is -0.397. The van der Waals surface area contributed by atoms with Crippen LogP contribution in [-0.4, -0.2) is 73.5 Å². The number of ether oxygens (including phenoxy) is 2. The number of aryl methyl sites for hydroxylation is 1. The van der Waals surface area contributed by atoms with Crippen molar-refractivity contribution in [2.45, 2.75) is 40.2 Å². The third-order valence-corrected chi connectivity index (χ3v) is 6.51. The predicted octanol–water partition coefficient (Wildman–Crippen LogP) is 1.00. The van der Waals surface area contributed by atoms with Crippen LogP contribution in [0.25, 0.3) is 0 Å². The summed E-state index contributed by atoms with van der Waals surface area (Å²) < 4.78 is 33.4. The molecule has 0 saturated carbocycles. The first kappa shape index (κ1) is 21.9. The minimum atomic E-state index is -3.13. The van der Waals surface area contributed by atoms with Gasteiger partial charge in [-0.1, -0.05) is 0 Å². The third-order valence-electron chi connectivity index (χ3n) is 4.76. The van der Waals surface area contributed by atoms with Gasteiger partial charge in [-0.3, -0.25) is 4.79 Å². The number of aromatic nitrogens is 1. The van der Waals surface area contributed by atoms with E-state index in [4.69, 9.17) is 9.47 Å². The lowest BCUT2D eigenvalue weighted by Gasteiger charge is -2.26. The van der Waals surface area contributed by atoms with E-state index in [-0.39, 0.29) is 29.4 Å². The molecule has 0 aliphatic carbocycles. The van der Waals surface area contributed by atoms with Gasteiger partial charge in [0.05, 0.1) is 23.7 Å². The number of nitrogens with zero attached hydrogens (tertiary/aromatic N) is 1. The van der Waals surface area contributed by atoms with Gasteiger partial charge in [0.25, 0.3) is 5.91 Å². The highest BCUT2D eigenvalue weighted by molar-refractivity contribution is 7.91. The maximum atomic E-state index is 12.4. The van der Waals surface area contributed by atoms with Crippen molar-refractivity contribution < 1.29 is 32.3 Å². The quantitative estimate of drug-likeness (QED) is 0.660. The molecule has 1 aliphatic heterocycles. The Hall–Kier alpha value is -2.36. The Morgan fingerprint density at radius 2 is 1.82 bits per heavy atom. The van der Waals surface area contributed by atoms with Crippen molar-refractivity contribution in [3.05, 3.63) is 22.5 Å². The van der Waals surface area contributed by atoms with Crippen LogP contribution in [0.4, 0.5) is 0 Å². The fraction of sp³-hybridized carbons (Fsp3) is 0.611. The number of aromatic amines is 1. The Morgan fingerprint density at radius 1 is 1.14 bits per heavy atom. The maximum absolute atomic E-state index is 12.4. The summed E-state index contributed by atoms with van der Waals surface area (Å²) in [4.78, 5) is 41.0. The third kappa shape index (κ3) is 4.73. The van der Waals surface area contributed by atoms with E-state index in [1.807, 2.05) is 0 Å². The summed E-state index contributed by atoms with van der Waals surface area (Å²) in [5, 5.41) is 0. The van der Waals surface area contributed by atoms with Crippen LogP contribution in [0, 0.1) is 13.8 Å². The van der Waals surface area contributed by atoms with E-state index in [2.05, 4.69) is 4.98 Å². The number of esters is 2. The van der Waals surface area contributed by atoms with Crippen LogP contribution in [-0.2, 0) is 24.1 Å². The molecule has 0 spiro atoms. The molecular formula is C18H26N2O7S. The van der Waals surface area contributed by atoms with Gasteiger partial charge in [0.15, 0.2) is 16.4 Å². The van der Waals surface area contributed by atoms with E-state index in [1.165, 1.54) is 4.90 Å². The molecular weight excluding hydrogens is 388 g/mol. The van der Waals surface area contributed by atoms with Gasteiger partial charge < -0.3 is 19.4 Å². The van der Waals surface area contributed by atoms with E-state index >= 15 is 0 Å². The molecule has 1 aliphatic rings. The van der Waals surface area contributed by atoms with Crippen LogP contribution in [0.3, 0.4) is 0 Å². The molecule has 1 aromatic rings. The lowest BCUT2D eigenvalue weighted by atomic mass is 10.1. The Morgan fingerprint density at radius 3 is 2.36 bits per heavy atom. The number of H-pyrrole nitrogens is 1. The number of likely N-dealkylation sites (N-methyl/N-ethyl adjacent to an activating group) is 1. The topological polar surface area (TPSA) is 123 Å². The second kappa shape index (κ2) is 8.76. The van der Waals surface area contributed by atoms with Gasteiger partial charge in [0.2, 0.25) is 0 Å². The van der Waals surface area contributed by atoms with Crippen molar-refractivity contribution in [2.75, 3.05) is 31.3 Å². The molecule has 1 saturated heterocycles. The molecule has 0 bridgehead atoms. The highest BCUT2D eigenvalue weighted by Crippen LogP contribution is 2.21. The second-order valence-electron chi connectivity index (χ2n) is 6.66. The number of rotatable bonds is 7. The lowest BCUT2D eigenvalue weighted by molar-refractivity contribution is -0.136. The first-order chi connectivity index (χ1) is 13.1. The number of carbonyl (C=O) groups is 3. The number of hydrogen-bond donors (Lipinski definition) is 1. The number of sulfone groups is 1. The smallest absolute Gasteiger partial charge is 0.355 e. The monoisotopic (exact) mass is 414 g/mol. The molecule has 1 unspecified atom stereocenters. The van der Waals surface area contributed by atoms with E-state index in [0.717, 1.165) is 0 Å². The fourth-order valence-corrected chi connectivity index (χ4v) is 5.14. The number of amides is 1. The highest BCUT2D eigenvalue weighted by atomic mass is 32.2. The molecule has 1 aromatic heterocycles. The molecule has 0 aromatic carbocycles. The summed E-state index contributed by atoms with van der Waals surface area (Å²) in [6.45, 7) is 6.69. The Balaban J connectivity index is 2.04. The SMILES string of the molecule is CCOC(=O)c1c(C)[nH]c(C(=O)OCC(=O)N(CC)C2CCS(=O)(=O)C2)c1C. The Bertz CT molecular complexity index is 873. The van der Waals surface area contributed by atoms with Crippen LogP contribution in [0.15, 0.2) is 0 Å². The molecule has 28 heavy (non-hydrogen) atoms. The van der Waals surface area contributed by atoms with E-state index in [0.29, 0.717) is 24.2 Å². The average Bonchev–Trinajstić information content (AvgIpc) is 3.12. The van der Waals surface area contributed by atoms with Crippen molar-refractivity contribution in [3.8, 4) is 0 Å². The van der Waals surface area contributed by atoms with Crippen molar-refractivity contribution >= 4 is 27.7 Å². The van der Waals surface area contributed by atoms with Crippen LogP contribution in [0.2, 0.25) is 0 Å². The summed E-state index contributed by atoms with van der Waals surface area (Å²) in [5.41, 5.74) is 1.22. The predicted molar refractivity (Wildman–Crippen MR) is 101 cm³/mol. The zero-order valence-electron chi connectivity index (χ0n) is 16.5. The number of carbonyl (C=O) groups excluding carboxylic acids is 3. The van der Waals surface area contributed by atoms with Crippen molar-refractivity contribution in [2.24, 2.45) is 0 Å². The molecule has 1 fully saturated rings. The Labute approximate surface area is 164 Å². The first-order valence-corrected chi connectivity index (χ1v) is 11.0. The van der Waals surface area contributed by atoms with Gasteiger partial charge in [0, 0.05) is 18.3 Å². The van der Waals surface area contributed by atoms with E-state index in [1.54, 1.807) is 27.7 Å². The van der Waals surface area contributed by atoms with Crippen LogP contribution >= 0.6 is 0 Å². The largest absolute Gasteiger partial charge is 0.462 e. The van der Waals surface area contributed by atoms with Gasteiger partial charge in [-0.2, -0.15) is 0 Å². The lowest BCUT2D eigenvalue weighted by Crippen LogP contribution is -2.43. The summed E-state index contributed by atoms with van der Waals surface area (Å²) >= 11 is 0. The molecule has 1 N–H and O–H groups in total. The van der Waals surface area contributed by atoms with Crippen molar-refractivity contribution in [1.82, 2.24) is 9.88 Å². The van der Waals surface area contributed by atoms with Crippen LogP contribution in [0.1, 0.15) is 52.4 Å². The standard InChI is InChI=1S/C18H26N2O7S/c1-5-20(13-7-8-28(24,25)10-13)14(21)9-27-18(23)16-11(3)15(12(4)19-16)17(22)26-6-2/h13,19H,5-10H2,1-4H3. The van der Waals surface area contributed by atoms with Gasteiger partial charge >= 0.3 is 11.9 Å². The molecule has 2 rings (SSSR count). The first-order valence-electron chi connectivity index (χ1n) is 9.14. The minimum Gasteiger partial charge on any atom is -0.462 e. The summed E-state index contributed by atoms with van der Waals surface area (Å²) in [6.07, 6.45) is 0.383. The summed E-state index contributed by atoms with van der Waals surface area (Å²) in [5.74, 6) is -1.77. The second-order valence-corrected chi connectivity index (χ2v) is 8.89. The van der Waals surface area contributed by atoms with Gasteiger partial charge in [-0.15, -0.1) is 0 Å². The van der Waals surface area contributed by atoms with Gasteiger partial charge in [-0.05, 0) is 39.7 Å². The van der Waals surface area contributed by atoms with Crippen molar-refractivity contribution in [3.63, 3.8) is 0 Å². The molecule has 156 valence electrons. The van der Waals surface area contributed by atoms with Gasteiger partial charge in [-0.25, -0.2) is 18.0 Å². The number of hydrogen-bond acceptors (Lipinski definition) is 7. The molecule has 10 heteroatoms. The molecule has 0 radical (unpaired) electrons. The maximum Gasteiger partial charge on any atom is 0.355 e. The molecule has 1 atom stereocenters. The van der Waals surface area contributed by atoms with Gasteiger partial charge in [0.1, 0.15) is 5.69 Å². The van der Waals surface area contributed by atoms with E-state index in [9.17, 15) is 22.8 Å². The zero-order valence-corrected chi connectivity index (χ0v) is 17.3. The minimum absolute atomic E-state index is 0.0544.